The van der Waals surface area contributed by atoms with Gasteiger partial charge in [-0.3, -0.25) is 0 Å². The monoisotopic (exact) mass is 287 g/mol. The van der Waals surface area contributed by atoms with Gasteiger partial charge in [0, 0.05) is 6.07 Å². The summed E-state index contributed by atoms with van der Waals surface area (Å²) in [7, 11) is 1.54. The quantitative estimate of drug-likeness (QED) is 0.800. The molecular weight excluding hydrogens is 270 g/mol. The third-order valence-corrected chi connectivity index (χ3v) is 2.60. The number of amides is 2. The van der Waals surface area contributed by atoms with Crippen molar-refractivity contribution in [2.75, 3.05) is 25.6 Å². The standard InChI is InChI=1S/C15H17N3O3/c1-20-14-8-7-12(11-17-14)18-15(19)16-9-10-21-13-5-3-2-4-6-13/h2-8,11H,9-10H2,1H3,(H2,16,18,19). The number of urea groups is 1. The summed E-state index contributed by atoms with van der Waals surface area (Å²) >= 11 is 0. The Balaban J connectivity index is 1.67. The Bertz CT molecular complexity index is 558. The molecule has 0 spiro atoms. The summed E-state index contributed by atoms with van der Waals surface area (Å²) in [6.07, 6.45) is 1.53. The molecule has 1 heterocycles. The molecule has 0 aliphatic carbocycles. The molecule has 6 heteroatoms. The van der Waals surface area contributed by atoms with Crippen molar-refractivity contribution in [2.24, 2.45) is 0 Å². The highest BCUT2D eigenvalue weighted by molar-refractivity contribution is 5.88. The van der Waals surface area contributed by atoms with Gasteiger partial charge >= 0.3 is 6.03 Å². The number of nitrogens with zero attached hydrogens (tertiary/aromatic N) is 1. The second-order valence-corrected chi connectivity index (χ2v) is 4.13. The number of methoxy groups -OCH3 is 1. The number of hydrogen-bond donors (Lipinski definition) is 2. The van der Waals surface area contributed by atoms with E-state index < -0.39 is 0 Å². The largest absolute Gasteiger partial charge is 0.492 e. The van der Waals surface area contributed by atoms with Crippen LogP contribution < -0.4 is 20.1 Å². The molecule has 1 aromatic carbocycles. The molecule has 0 aliphatic rings. The van der Waals surface area contributed by atoms with Gasteiger partial charge < -0.3 is 20.1 Å². The van der Waals surface area contributed by atoms with Gasteiger partial charge in [-0.05, 0) is 18.2 Å². The van der Waals surface area contributed by atoms with Crippen LogP contribution in [0.2, 0.25) is 0 Å². The van der Waals surface area contributed by atoms with Crippen LogP contribution in [-0.2, 0) is 0 Å². The van der Waals surface area contributed by atoms with Gasteiger partial charge in [0.05, 0.1) is 25.5 Å². The lowest BCUT2D eigenvalue weighted by atomic mass is 10.3. The number of aromatic nitrogens is 1. The first kappa shape index (κ1) is 14.6. The highest BCUT2D eigenvalue weighted by atomic mass is 16.5. The Morgan fingerprint density at radius 3 is 2.67 bits per heavy atom. The predicted molar refractivity (Wildman–Crippen MR) is 79.7 cm³/mol. The number of pyridine rings is 1. The number of anilines is 1. The molecule has 6 nitrogen and oxygen atoms in total. The molecule has 0 bridgehead atoms. The van der Waals surface area contributed by atoms with E-state index in [4.69, 9.17) is 9.47 Å². The molecule has 0 radical (unpaired) electrons. The van der Waals surface area contributed by atoms with Crippen molar-refractivity contribution < 1.29 is 14.3 Å². The molecule has 0 unspecified atom stereocenters. The molecule has 2 rings (SSSR count). The van der Waals surface area contributed by atoms with E-state index in [-0.39, 0.29) is 6.03 Å². The molecule has 21 heavy (non-hydrogen) atoms. The molecular formula is C15H17N3O3. The number of para-hydroxylation sites is 1. The minimum Gasteiger partial charge on any atom is -0.492 e. The van der Waals surface area contributed by atoms with Gasteiger partial charge in [0.25, 0.3) is 0 Å². The fourth-order valence-electron chi connectivity index (χ4n) is 1.60. The van der Waals surface area contributed by atoms with E-state index in [2.05, 4.69) is 15.6 Å². The zero-order valence-corrected chi connectivity index (χ0v) is 11.7. The van der Waals surface area contributed by atoms with E-state index in [0.717, 1.165) is 5.75 Å². The van der Waals surface area contributed by atoms with Gasteiger partial charge in [0.15, 0.2) is 0 Å². The van der Waals surface area contributed by atoms with Crippen molar-refractivity contribution in [3.63, 3.8) is 0 Å². The fraction of sp³-hybridized carbons (Fsp3) is 0.200. The zero-order valence-electron chi connectivity index (χ0n) is 11.7. The zero-order chi connectivity index (χ0) is 14.9. The van der Waals surface area contributed by atoms with Gasteiger partial charge in [-0.15, -0.1) is 0 Å². The van der Waals surface area contributed by atoms with Crippen LogP contribution in [0.1, 0.15) is 0 Å². The highest BCUT2D eigenvalue weighted by Crippen LogP contribution is 2.10. The van der Waals surface area contributed by atoms with E-state index in [9.17, 15) is 4.79 Å². The fourth-order valence-corrected chi connectivity index (χ4v) is 1.60. The molecule has 0 saturated heterocycles. The lowest BCUT2D eigenvalue weighted by Gasteiger charge is -2.09. The lowest BCUT2D eigenvalue weighted by molar-refractivity contribution is 0.247. The smallest absolute Gasteiger partial charge is 0.319 e. The maximum Gasteiger partial charge on any atom is 0.319 e. The van der Waals surface area contributed by atoms with Gasteiger partial charge in [-0.1, -0.05) is 18.2 Å². The Kier molecular flexibility index (Phi) is 5.40. The van der Waals surface area contributed by atoms with E-state index in [1.54, 1.807) is 12.1 Å². The van der Waals surface area contributed by atoms with E-state index >= 15 is 0 Å². The normalized spacial score (nSPS) is 9.76. The number of rotatable bonds is 6. The Labute approximate surface area is 123 Å². The minimum atomic E-state index is -0.307. The molecule has 0 atom stereocenters. The first-order valence-electron chi connectivity index (χ1n) is 6.50. The average molecular weight is 287 g/mol. The maximum atomic E-state index is 11.6. The third kappa shape index (κ3) is 5.02. The molecule has 110 valence electrons. The first-order chi connectivity index (χ1) is 10.3. The van der Waals surface area contributed by atoms with Crippen LogP contribution in [0.4, 0.5) is 10.5 Å². The predicted octanol–water partition coefficient (Wildman–Crippen LogP) is 2.29. The van der Waals surface area contributed by atoms with Crippen LogP contribution in [0.5, 0.6) is 11.6 Å². The first-order valence-corrected chi connectivity index (χ1v) is 6.50. The van der Waals surface area contributed by atoms with Crippen LogP contribution in [0.15, 0.2) is 48.7 Å². The van der Waals surface area contributed by atoms with Crippen LogP contribution in [-0.4, -0.2) is 31.3 Å². The van der Waals surface area contributed by atoms with Crippen LogP contribution >= 0.6 is 0 Å². The highest BCUT2D eigenvalue weighted by Gasteiger charge is 2.02. The summed E-state index contributed by atoms with van der Waals surface area (Å²) < 4.78 is 10.4. The summed E-state index contributed by atoms with van der Waals surface area (Å²) in [4.78, 5) is 15.6. The molecule has 0 saturated carbocycles. The van der Waals surface area contributed by atoms with Crippen molar-refractivity contribution >= 4 is 11.7 Å². The van der Waals surface area contributed by atoms with Crippen molar-refractivity contribution in [1.29, 1.82) is 0 Å². The van der Waals surface area contributed by atoms with Crippen molar-refractivity contribution in [3.05, 3.63) is 48.7 Å². The van der Waals surface area contributed by atoms with E-state index in [0.29, 0.717) is 24.7 Å². The van der Waals surface area contributed by atoms with Gasteiger partial charge in [0.1, 0.15) is 12.4 Å². The Morgan fingerprint density at radius 1 is 1.19 bits per heavy atom. The van der Waals surface area contributed by atoms with Gasteiger partial charge in [0.2, 0.25) is 5.88 Å². The second kappa shape index (κ2) is 7.74. The Morgan fingerprint density at radius 2 is 2.00 bits per heavy atom. The molecule has 0 fully saturated rings. The number of nitrogens with one attached hydrogen (secondary N) is 2. The third-order valence-electron chi connectivity index (χ3n) is 2.60. The molecule has 0 aliphatic heterocycles. The minimum absolute atomic E-state index is 0.307. The molecule has 2 N–H and O–H groups in total. The SMILES string of the molecule is COc1ccc(NC(=O)NCCOc2ccccc2)cn1. The van der Waals surface area contributed by atoms with Gasteiger partial charge in [-0.25, -0.2) is 9.78 Å². The second-order valence-electron chi connectivity index (χ2n) is 4.13. The number of carbonyl (C=O) groups excluding carboxylic acids is 1. The summed E-state index contributed by atoms with van der Waals surface area (Å²) in [5.41, 5.74) is 0.595. The molecule has 2 aromatic rings. The maximum absolute atomic E-state index is 11.6. The number of ether oxygens (including phenoxy) is 2. The average Bonchev–Trinajstić information content (AvgIpc) is 2.53. The van der Waals surface area contributed by atoms with Crippen LogP contribution in [0.3, 0.4) is 0 Å². The molecule has 2 amide bonds. The summed E-state index contributed by atoms with van der Waals surface area (Å²) in [5.74, 6) is 1.27. The van der Waals surface area contributed by atoms with E-state index in [1.165, 1.54) is 13.3 Å². The topological polar surface area (TPSA) is 72.5 Å². The summed E-state index contributed by atoms with van der Waals surface area (Å²) in [6, 6.07) is 12.5. The number of hydrogen-bond acceptors (Lipinski definition) is 4. The lowest BCUT2D eigenvalue weighted by Crippen LogP contribution is -2.32. The Hall–Kier alpha value is -2.76. The van der Waals surface area contributed by atoms with Crippen molar-refractivity contribution in [3.8, 4) is 11.6 Å². The number of benzene rings is 1. The van der Waals surface area contributed by atoms with Crippen LogP contribution in [0.25, 0.3) is 0 Å². The van der Waals surface area contributed by atoms with Crippen LogP contribution in [0, 0.1) is 0 Å². The van der Waals surface area contributed by atoms with Crippen molar-refractivity contribution in [2.45, 2.75) is 0 Å². The van der Waals surface area contributed by atoms with Crippen molar-refractivity contribution in [1.82, 2.24) is 10.3 Å². The van der Waals surface area contributed by atoms with E-state index in [1.807, 2.05) is 30.3 Å². The summed E-state index contributed by atoms with van der Waals surface area (Å²) in [5, 5.41) is 5.36. The summed E-state index contributed by atoms with van der Waals surface area (Å²) in [6.45, 7) is 0.808. The number of carbonyl (C=O) groups is 1. The molecule has 1 aromatic heterocycles. The van der Waals surface area contributed by atoms with Gasteiger partial charge in [-0.2, -0.15) is 0 Å².